The first-order valence-corrected chi connectivity index (χ1v) is 11.5. The molecule has 0 bridgehead atoms. The molecular formula is C22H25NO8S. The molecule has 3 rings (SSSR count). The molecule has 1 N–H and O–H groups in total. The van der Waals surface area contributed by atoms with Crippen molar-refractivity contribution in [2.45, 2.75) is 24.8 Å². The van der Waals surface area contributed by atoms with Crippen molar-refractivity contribution < 1.29 is 37.0 Å². The van der Waals surface area contributed by atoms with E-state index in [2.05, 4.69) is 4.72 Å². The number of hydrogen-bond donors (Lipinski definition) is 1. The standard InChI is InChI=1S/C22H25NO8S/c1-14(2)21(22(25)31-13-17(24)16-6-4-5-7-18(16)28-3)23-32(26,27)15-8-9-19-20(12-15)30-11-10-29-19/h4-9,12,14,21,23H,10-11,13H2,1-3H3/t21-/m1/s1. The van der Waals surface area contributed by atoms with Crippen LogP contribution in [0.1, 0.15) is 24.2 Å². The third-order valence-electron chi connectivity index (χ3n) is 4.78. The second-order valence-corrected chi connectivity index (χ2v) is 9.09. The molecule has 0 aromatic heterocycles. The lowest BCUT2D eigenvalue weighted by atomic mass is 10.1. The Morgan fingerprint density at radius 2 is 1.75 bits per heavy atom. The summed E-state index contributed by atoms with van der Waals surface area (Å²) in [5.74, 6) is -0.642. The van der Waals surface area contributed by atoms with Gasteiger partial charge in [-0.05, 0) is 30.2 Å². The van der Waals surface area contributed by atoms with Crippen molar-refractivity contribution in [3.05, 3.63) is 48.0 Å². The van der Waals surface area contributed by atoms with Gasteiger partial charge < -0.3 is 18.9 Å². The number of carbonyl (C=O) groups excluding carboxylic acids is 2. The second-order valence-electron chi connectivity index (χ2n) is 7.38. The molecule has 0 spiro atoms. The summed E-state index contributed by atoms with van der Waals surface area (Å²) in [5, 5.41) is 0. The van der Waals surface area contributed by atoms with Crippen molar-refractivity contribution in [1.82, 2.24) is 4.72 Å². The van der Waals surface area contributed by atoms with Gasteiger partial charge in [0.15, 0.2) is 18.1 Å². The molecule has 0 aliphatic carbocycles. The third-order valence-corrected chi connectivity index (χ3v) is 6.22. The molecular weight excluding hydrogens is 438 g/mol. The number of ether oxygens (including phenoxy) is 4. The molecule has 2 aromatic rings. The van der Waals surface area contributed by atoms with Crippen LogP contribution in [0.4, 0.5) is 0 Å². The fraction of sp³-hybridized carbons (Fsp3) is 0.364. The molecule has 0 radical (unpaired) electrons. The molecule has 9 nitrogen and oxygen atoms in total. The lowest BCUT2D eigenvalue weighted by molar-refractivity contribution is -0.145. The maximum atomic E-state index is 12.9. The smallest absolute Gasteiger partial charge is 0.324 e. The Bertz CT molecular complexity index is 1100. The lowest BCUT2D eigenvalue weighted by Crippen LogP contribution is -2.45. The summed E-state index contributed by atoms with van der Waals surface area (Å²) in [4.78, 5) is 25.0. The number of nitrogens with one attached hydrogen (secondary N) is 1. The SMILES string of the molecule is COc1ccccc1C(=O)COC(=O)[C@H](NS(=O)(=O)c1ccc2c(c1)OCCO2)C(C)C. The van der Waals surface area contributed by atoms with Crippen LogP contribution in [0.2, 0.25) is 0 Å². The molecule has 172 valence electrons. The van der Waals surface area contributed by atoms with Crippen molar-refractivity contribution >= 4 is 21.8 Å². The summed E-state index contributed by atoms with van der Waals surface area (Å²) >= 11 is 0. The predicted molar refractivity (Wildman–Crippen MR) is 115 cm³/mol. The van der Waals surface area contributed by atoms with Gasteiger partial charge >= 0.3 is 5.97 Å². The number of benzene rings is 2. The zero-order valence-corrected chi connectivity index (χ0v) is 18.8. The van der Waals surface area contributed by atoms with Crippen LogP contribution in [0.3, 0.4) is 0 Å². The van der Waals surface area contributed by atoms with Gasteiger partial charge in [-0.1, -0.05) is 26.0 Å². The number of sulfonamides is 1. The predicted octanol–water partition coefficient (Wildman–Crippen LogP) is 2.20. The van der Waals surface area contributed by atoms with E-state index in [1.807, 2.05) is 0 Å². The highest BCUT2D eigenvalue weighted by atomic mass is 32.2. The van der Waals surface area contributed by atoms with Gasteiger partial charge in [-0.3, -0.25) is 9.59 Å². The third kappa shape index (κ3) is 5.38. The maximum Gasteiger partial charge on any atom is 0.324 e. The second kappa shape index (κ2) is 10.0. The van der Waals surface area contributed by atoms with Crippen molar-refractivity contribution in [2.24, 2.45) is 5.92 Å². The van der Waals surface area contributed by atoms with Crippen LogP contribution in [0.5, 0.6) is 17.2 Å². The Morgan fingerprint density at radius 1 is 1.06 bits per heavy atom. The normalized spacial score (nSPS) is 14.0. The lowest BCUT2D eigenvalue weighted by Gasteiger charge is -2.22. The minimum atomic E-state index is -4.08. The van der Waals surface area contributed by atoms with Crippen LogP contribution in [0.15, 0.2) is 47.4 Å². The van der Waals surface area contributed by atoms with Crippen LogP contribution >= 0.6 is 0 Å². The van der Waals surface area contributed by atoms with E-state index in [9.17, 15) is 18.0 Å². The van der Waals surface area contributed by atoms with E-state index >= 15 is 0 Å². The summed E-state index contributed by atoms with van der Waals surface area (Å²) in [5.41, 5.74) is 0.265. The highest BCUT2D eigenvalue weighted by Crippen LogP contribution is 2.32. The van der Waals surface area contributed by atoms with Gasteiger partial charge in [0.25, 0.3) is 0 Å². The summed E-state index contributed by atoms with van der Waals surface area (Å²) < 4.78 is 49.2. The summed E-state index contributed by atoms with van der Waals surface area (Å²) in [7, 11) is -2.65. The van der Waals surface area contributed by atoms with Gasteiger partial charge in [-0.2, -0.15) is 4.72 Å². The number of para-hydroxylation sites is 1. The maximum absolute atomic E-state index is 12.9. The highest BCUT2D eigenvalue weighted by Gasteiger charge is 2.31. The fourth-order valence-electron chi connectivity index (χ4n) is 3.06. The van der Waals surface area contributed by atoms with E-state index in [4.69, 9.17) is 18.9 Å². The largest absolute Gasteiger partial charge is 0.496 e. The summed E-state index contributed by atoms with van der Waals surface area (Å²) in [6, 6.07) is 9.55. The number of rotatable bonds is 9. The monoisotopic (exact) mass is 463 g/mol. The van der Waals surface area contributed by atoms with Gasteiger partial charge in [-0.25, -0.2) is 8.42 Å². The number of hydrogen-bond acceptors (Lipinski definition) is 8. The quantitative estimate of drug-likeness (QED) is 0.444. The average Bonchev–Trinajstić information content (AvgIpc) is 2.80. The number of ketones is 1. The van der Waals surface area contributed by atoms with Crippen LogP contribution in [0, 0.1) is 5.92 Å². The number of Topliss-reactive ketones (excluding diaryl/α,β-unsaturated/α-hetero) is 1. The molecule has 1 heterocycles. The number of fused-ring (bicyclic) bond motifs is 1. The molecule has 0 saturated heterocycles. The van der Waals surface area contributed by atoms with E-state index in [1.165, 1.54) is 25.3 Å². The molecule has 10 heteroatoms. The van der Waals surface area contributed by atoms with Crippen LogP contribution in [0.25, 0.3) is 0 Å². The number of carbonyl (C=O) groups is 2. The van der Waals surface area contributed by atoms with Crippen LogP contribution < -0.4 is 18.9 Å². The zero-order chi connectivity index (χ0) is 23.3. The molecule has 0 unspecified atom stereocenters. The van der Waals surface area contributed by atoms with E-state index in [-0.39, 0.29) is 10.5 Å². The minimum absolute atomic E-state index is 0.0784. The van der Waals surface area contributed by atoms with Gasteiger partial charge in [-0.15, -0.1) is 0 Å². The summed E-state index contributed by atoms with van der Waals surface area (Å²) in [6.45, 7) is 3.48. The van der Waals surface area contributed by atoms with Gasteiger partial charge in [0.1, 0.15) is 25.0 Å². The van der Waals surface area contributed by atoms with Crippen molar-refractivity contribution in [3.63, 3.8) is 0 Å². The van der Waals surface area contributed by atoms with E-state index in [0.29, 0.717) is 30.5 Å². The Kier molecular flexibility index (Phi) is 7.37. The summed E-state index contributed by atoms with van der Waals surface area (Å²) in [6.07, 6.45) is 0. The molecule has 0 fully saturated rings. The number of methoxy groups -OCH3 is 1. The van der Waals surface area contributed by atoms with Crippen LogP contribution in [-0.2, 0) is 19.6 Å². The fourth-order valence-corrected chi connectivity index (χ4v) is 4.41. The zero-order valence-electron chi connectivity index (χ0n) is 18.0. The average molecular weight is 464 g/mol. The Morgan fingerprint density at radius 3 is 2.44 bits per heavy atom. The van der Waals surface area contributed by atoms with Crippen molar-refractivity contribution in [1.29, 1.82) is 0 Å². The van der Waals surface area contributed by atoms with E-state index < -0.39 is 40.3 Å². The van der Waals surface area contributed by atoms with E-state index in [0.717, 1.165) is 0 Å². The number of esters is 1. The Hall–Kier alpha value is -3.11. The first-order valence-electron chi connectivity index (χ1n) is 9.97. The Balaban J connectivity index is 1.70. The topological polar surface area (TPSA) is 117 Å². The van der Waals surface area contributed by atoms with Gasteiger partial charge in [0, 0.05) is 6.07 Å². The first kappa shape index (κ1) is 23.6. The molecule has 0 saturated carbocycles. The van der Waals surface area contributed by atoms with Crippen molar-refractivity contribution in [2.75, 3.05) is 26.9 Å². The van der Waals surface area contributed by atoms with Crippen molar-refractivity contribution in [3.8, 4) is 17.2 Å². The molecule has 2 aromatic carbocycles. The molecule has 32 heavy (non-hydrogen) atoms. The molecule has 1 aliphatic heterocycles. The first-order chi connectivity index (χ1) is 15.2. The molecule has 1 atom stereocenters. The Labute approximate surface area is 186 Å². The van der Waals surface area contributed by atoms with Crippen LogP contribution in [-0.4, -0.2) is 53.1 Å². The molecule has 1 aliphatic rings. The van der Waals surface area contributed by atoms with Gasteiger partial charge in [0.2, 0.25) is 15.8 Å². The van der Waals surface area contributed by atoms with E-state index in [1.54, 1.807) is 38.1 Å². The minimum Gasteiger partial charge on any atom is -0.496 e. The highest BCUT2D eigenvalue weighted by molar-refractivity contribution is 7.89. The van der Waals surface area contributed by atoms with Gasteiger partial charge in [0.05, 0.1) is 17.6 Å². The molecule has 0 amide bonds.